The molecule has 1 aliphatic carbocycles. The van der Waals surface area contributed by atoms with Crippen molar-refractivity contribution in [2.45, 2.75) is 144 Å². The van der Waals surface area contributed by atoms with E-state index in [1.54, 1.807) is 0 Å². The molecule has 0 fully saturated rings. The van der Waals surface area contributed by atoms with Gasteiger partial charge in [0.15, 0.2) is 0 Å². The van der Waals surface area contributed by atoms with Crippen molar-refractivity contribution in [1.82, 2.24) is 0 Å². The van der Waals surface area contributed by atoms with Crippen LogP contribution in [0.5, 0.6) is 23.0 Å². The summed E-state index contributed by atoms with van der Waals surface area (Å²) in [5, 5.41) is 22.6. The fraction of sp³-hybridized carbons (Fsp3) is 0.556. The van der Waals surface area contributed by atoms with Gasteiger partial charge in [-0.1, -0.05) is 86.6 Å². The summed E-state index contributed by atoms with van der Waals surface area (Å²) in [5.41, 5.74) is 9.12. The predicted octanol–water partition coefficient (Wildman–Crippen LogP) is 12.7. The van der Waals surface area contributed by atoms with E-state index >= 15 is 0 Å². The van der Waals surface area contributed by atoms with E-state index in [-0.39, 0.29) is 11.8 Å². The van der Waals surface area contributed by atoms with Crippen LogP contribution in [-0.4, -0.2) is 23.4 Å². The van der Waals surface area contributed by atoms with Crippen LogP contribution in [0.15, 0.2) is 71.4 Å². The normalized spacial score (nSPS) is 16.3. The first kappa shape index (κ1) is 40.0. The van der Waals surface area contributed by atoms with Crippen molar-refractivity contribution in [2.75, 3.05) is 13.2 Å². The van der Waals surface area contributed by atoms with Gasteiger partial charge in [0.1, 0.15) is 23.0 Å². The van der Waals surface area contributed by atoms with E-state index in [2.05, 4.69) is 85.4 Å². The Morgan fingerprint density at radius 2 is 1.43 bits per heavy atom. The molecule has 0 spiro atoms. The fourth-order valence-corrected chi connectivity index (χ4v) is 6.89. The van der Waals surface area contributed by atoms with Crippen LogP contribution >= 0.6 is 0 Å². The fourth-order valence-electron chi connectivity index (χ4n) is 6.89. The van der Waals surface area contributed by atoms with E-state index in [0.29, 0.717) is 37.6 Å². The van der Waals surface area contributed by atoms with Gasteiger partial charge >= 0.3 is 0 Å². The zero-order valence-corrected chi connectivity index (χ0v) is 31.9. The molecule has 0 aromatic heterocycles. The van der Waals surface area contributed by atoms with Crippen LogP contribution in [-0.2, 0) is 19.3 Å². The molecular weight excluding hydrogens is 604 g/mol. The van der Waals surface area contributed by atoms with Crippen LogP contribution in [0.4, 0.5) is 0 Å². The Kier molecular flexibility index (Phi) is 17.1. The minimum Gasteiger partial charge on any atom is -0.508 e. The number of phenols is 2. The third-order valence-corrected chi connectivity index (χ3v) is 9.83. The van der Waals surface area contributed by atoms with Crippen molar-refractivity contribution in [3.8, 4) is 23.0 Å². The minimum absolute atomic E-state index is 0.0432. The topological polar surface area (TPSA) is 58.9 Å². The summed E-state index contributed by atoms with van der Waals surface area (Å²) in [7, 11) is 0. The standard InChI is InChI=1S/C45H66O4/c1-9-11-13-19-36-28-41(46)39(24-21-34(7)18-15-17-32(3)4)43(30-36)48-25-16-26-49-44-31-37(20-14-12-10-2)29-42(47)45(44)40-27-35(8)22-23-38(40)33(5)6/h17,21,27-31,38,40,46-47H,5,9-16,18-20,22-26H2,1-4,6-8H3/b34-21+/t38-,40+/m0/s1. The lowest BCUT2D eigenvalue weighted by atomic mass is 9.73. The lowest BCUT2D eigenvalue weighted by Crippen LogP contribution is -2.18. The molecule has 0 saturated heterocycles. The lowest BCUT2D eigenvalue weighted by molar-refractivity contribution is 0.242. The van der Waals surface area contributed by atoms with Crippen molar-refractivity contribution in [3.05, 3.63) is 93.6 Å². The van der Waals surface area contributed by atoms with E-state index in [4.69, 9.17) is 9.47 Å². The Balaban J connectivity index is 1.78. The van der Waals surface area contributed by atoms with Gasteiger partial charge < -0.3 is 19.7 Å². The van der Waals surface area contributed by atoms with Gasteiger partial charge in [0.25, 0.3) is 0 Å². The molecule has 1 aliphatic rings. The lowest BCUT2D eigenvalue weighted by Gasteiger charge is -2.32. The van der Waals surface area contributed by atoms with Crippen molar-refractivity contribution >= 4 is 0 Å². The Labute approximate surface area is 299 Å². The number of hydrogen-bond acceptors (Lipinski definition) is 4. The number of phenolic OH excluding ortho intramolecular Hbond substituents is 2. The average molecular weight is 671 g/mol. The Morgan fingerprint density at radius 3 is 2.04 bits per heavy atom. The van der Waals surface area contributed by atoms with E-state index < -0.39 is 0 Å². The minimum atomic E-state index is 0.0432. The van der Waals surface area contributed by atoms with Crippen LogP contribution < -0.4 is 9.47 Å². The predicted molar refractivity (Wildman–Crippen MR) is 208 cm³/mol. The summed E-state index contributed by atoms with van der Waals surface area (Å²) in [5.74, 6) is 2.50. The first-order chi connectivity index (χ1) is 23.5. The van der Waals surface area contributed by atoms with Crippen molar-refractivity contribution in [1.29, 1.82) is 0 Å². The van der Waals surface area contributed by atoms with Crippen molar-refractivity contribution in [2.24, 2.45) is 5.92 Å². The maximum atomic E-state index is 11.4. The number of ether oxygens (including phenoxy) is 2. The van der Waals surface area contributed by atoms with E-state index in [1.807, 2.05) is 12.1 Å². The second-order valence-electron chi connectivity index (χ2n) is 14.7. The molecular formula is C45H66O4. The number of aromatic hydroxyl groups is 2. The molecule has 0 aliphatic heterocycles. The van der Waals surface area contributed by atoms with E-state index in [0.717, 1.165) is 104 Å². The highest BCUT2D eigenvalue weighted by Gasteiger charge is 2.30. The highest BCUT2D eigenvalue weighted by atomic mass is 16.5. The Bertz CT molecular complexity index is 1440. The Hall–Kier alpha value is -3.40. The van der Waals surface area contributed by atoms with Gasteiger partial charge in [-0.25, -0.2) is 0 Å². The second kappa shape index (κ2) is 21.0. The molecule has 3 rings (SSSR count). The van der Waals surface area contributed by atoms with Crippen molar-refractivity contribution in [3.63, 3.8) is 0 Å². The molecule has 0 radical (unpaired) electrons. The molecule has 4 nitrogen and oxygen atoms in total. The smallest absolute Gasteiger partial charge is 0.127 e. The molecule has 0 bridgehead atoms. The largest absolute Gasteiger partial charge is 0.508 e. The Morgan fingerprint density at radius 1 is 0.816 bits per heavy atom. The van der Waals surface area contributed by atoms with E-state index in [1.165, 1.54) is 29.6 Å². The third-order valence-electron chi connectivity index (χ3n) is 9.83. The molecule has 49 heavy (non-hydrogen) atoms. The van der Waals surface area contributed by atoms with Gasteiger partial charge in [-0.2, -0.15) is 0 Å². The number of hydrogen-bond donors (Lipinski definition) is 2. The van der Waals surface area contributed by atoms with Gasteiger partial charge in [-0.05, 0) is 134 Å². The molecule has 0 unspecified atom stereocenters. The third kappa shape index (κ3) is 13.1. The van der Waals surface area contributed by atoms with E-state index in [9.17, 15) is 10.2 Å². The molecule has 4 heteroatoms. The summed E-state index contributed by atoms with van der Waals surface area (Å²) in [4.78, 5) is 0. The first-order valence-electron chi connectivity index (χ1n) is 19.1. The first-order valence-corrected chi connectivity index (χ1v) is 19.1. The molecule has 0 saturated carbocycles. The molecule has 2 aromatic carbocycles. The quantitative estimate of drug-likeness (QED) is 0.102. The number of unbranched alkanes of at least 4 members (excludes halogenated alkanes) is 4. The maximum absolute atomic E-state index is 11.4. The monoisotopic (exact) mass is 670 g/mol. The molecule has 2 N–H and O–H groups in total. The van der Waals surface area contributed by atoms with Gasteiger partial charge in [0.2, 0.25) is 0 Å². The zero-order valence-electron chi connectivity index (χ0n) is 31.9. The number of rotatable bonds is 21. The number of benzene rings is 2. The molecule has 0 amide bonds. The number of allylic oxidation sites excluding steroid dienone is 7. The molecule has 2 atom stereocenters. The average Bonchev–Trinajstić information content (AvgIpc) is 3.04. The van der Waals surface area contributed by atoms with Crippen LogP contribution in [0.2, 0.25) is 0 Å². The highest BCUT2D eigenvalue weighted by molar-refractivity contribution is 5.53. The summed E-state index contributed by atoms with van der Waals surface area (Å²) >= 11 is 0. The molecule has 2 aromatic rings. The van der Waals surface area contributed by atoms with Gasteiger partial charge in [0.05, 0.1) is 13.2 Å². The highest BCUT2D eigenvalue weighted by Crippen LogP contribution is 2.47. The molecule has 0 heterocycles. The van der Waals surface area contributed by atoms with Crippen LogP contribution in [0.3, 0.4) is 0 Å². The summed E-state index contributed by atoms with van der Waals surface area (Å²) in [6.07, 6.45) is 21.0. The maximum Gasteiger partial charge on any atom is 0.127 e. The SMILES string of the molecule is C=C(C)[C@@H]1CCC(C)=C[C@H]1c1c(O)cc(CCCCC)cc1OCCCOc1cc(CCCCC)cc(O)c1C/C=C(\C)CCC=C(C)C. The summed E-state index contributed by atoms with van der Waals surface area (Å²) in [6, 6.07) is 8.16. The number of aryl methyl sites for hydroxylation is 2. The zero-order chi connectivity index (χ0) is 35.8. The van der Waals surface area contributed by atoms with Crippen LogP contribution in [0.1, 0.15) is 147 Å². The molecule has 270 valence electrons. The van der Waals surface area contributed by atoms with Gasteiger partial charge in [-0.15, -0.1) is 0 Å². The summed E-state index contributed by atoms with van der Waals surface area (Å²) in [6.45, 7) is 20.4. The second-order valence-corrected chi connectivity index (χ2v) is 14.7. The van der Waals surface area contributed by atoms with Crippen molar-refractivity contribution < 1.29 is 19.7 Å². The van der Waals surface area contributed by atoms with Crippen LogP contribution in [0.25, 0.3) is 0 Å². The van der Waals surface area contributed by atoms with Crippen LogP contribution in [0, 0.1) is 5.92 Å². The van der Waals surface area contributed by atoms with Gasteiger partial charge in [-0.3, -0.25) is 0 Å². The summed E-state index contributed by atoms with van der Waals surface area (Å²) < 4.78 is 13.0. The van der Waals surface area contributed by atoms with Gasteiger partial charge in [0, 0.05) is 23.5 Å².